The van der Waals surface area contributed by atoms with E-state index in [2.05, 4.69) is 9.88 Å². The molecule has 5 nitrogen and oxygen atoms in total. The van der Waals surface area contributed by atoms with Crippen LogP contribution < -0.4 is 4.90 Å². The minimum absolute atomic E-state index is 0.0395. The van der Waals surface area contributed by atoms with Gasteiger partial charge in [-0.05, 0) is 18.9 Å². The van der Waals surface area contributed by atoms with Gasteiger partial charge in [-0.1, -0.05) is 11.6 Å². The van der Waals surface area contributed by atoms with Gasteiger partial charge in [0.05, 0.1) is 16.8 Å². The van der Waals surface area contributed by atoms with Crippen LogP contribution in [0, 0.1) is 0 Å². The maximum absolute atomic E-state index is 12.0. The molecule has 1 saturated heterocycles. The van der Waals surface area contributed by atoms with E-state index in [4.69, 9.17) is 11.6 Å². The monoisotopic (exact) mass is 296 g/mol. The van der Waals surface area contributed by atoms with Gasteiger partial charge in [0.2, 0.25) is 0 Å². The van der Waals surface area contributed by atoms with Crippen molar-refractivity contribution in [3.8, 4) is 0 Å². The van der Waals surface area contributed by atoms with E-state index in [-0.39, 0.29) is 12.1 Å². The van der Waals surface area contributed by atoms with E-state index >= 15 is 0 Å². The van der Waals surface area contributed by atoms with Gasteiger partial charge < -0.3 is 14.7 Å². The molecule has 0 saturated carbocycles. The summed E-state index contributed by atoms with van der Waals surface area (Å²) in [6.07, 6.45) is 5.48. The number of hydrogen-bond acceptors (Lipinski definition) is 3. The molecule has 110 valence electrons. The van der Waals surface area contributed by atoms with Crippen LogP contribution in [0.25, 0.3) is 0 Å². The molecule has 0 aliphatic carbocycles. The highest BCUT2D eigenvalue weighted by Gasteiger charge is 2.27. The predicted molar refractivity (Wildman–Crippen MR) is 81.3 cm³/mol. The number of halogens is 1. The highest BCUT2D eigenvalue weighted by atomic mass is 35.5. The molecule has 0 N–H and O–H groups in total. The number of carbonyl (C=O) groups excluding carboxylic acids is 1. The Morgan fingerprint density at radius 1 is 1.45 bits per heavy atom. The fourth-order valence-electron chi connectivity index (χ4n) is 2.59. The zero-order chi connectivity index (χ0) is 14.7. The first kappa shape index (κ1) is 14.9. The molecule has 1 fully saturated rings. The lowest BCUT2D eigenvalue weighted by molar-refractivity contribution is 0.157. The minimum Gasteiger partial charge on any atom is -0.368 e. The fraction of sp³-hybridized carbons (Fsp3) is 0.571. The van der Waals surface area contributed by atoms with Gasteiger partial charge in [0.15, 0.2) is 0 Å². The molecule has 0 bridgehead atoms. The van der Waals surface area contributed by atoms with Gasteiger partial charge in [0.25, 0.3) is 0 Å². The number of amides is 2. The Morgan fingerprint density at radius 2 is 2.20 bits per heavy atom. The Balaban J connectivity index is 2.09. The molecule has 2 heterocycles. The first-order valence-corrected chi connectivity index (χ1v) is 7.17. The molecule has 1 aromatic rings. The zero-order valence-corrected chi connectivity index (χ0v) is 13.0. The largest absolute Gasteiger partial charge is 0.368 e. The standard InChI is InChI=1S/C14H21ClN4O/c1-17(2)14(20)18(3)11-5-4-8-19(10-11)13-6-7-16-9-12(13)15/h6-7,9,11H,4-5,8,10H2,1-3H3. The summed E-state index contributed by atoms with van der Waals surface area (Å²) < 4.78 is 0. The summed E-state index contributed by atoms with van der Waals surface area (Å²) in [5.74, 6) is 0. The number of pyridine rings is 1. The molecule has 6 heteroatoms. The van der Waals surface area contributed by atoms with E-state index < -0.39 is 0 Å². The quantitative estimate of drug-likeness (QED) is 0.841. The normalized spacial score (nSPS) is 18.8. The number of aromatic nitrogens is 1. The number of urea groups is 1. The second-order valence-corrected chi connectivity index (χ2v) is 5.76. The van der Waals surface area contributed by atoms with E-state index in [1.807, 2.05) is 18.0 Å². The number of anilines is 1. The van der Waals surface area contributed by atoms with Gasteiger partial charge in [-0.3, -0.25) is 4.98 Å². The molecule has 0 radical (unpaired) electrons. The lowest BCUT2D eigenvalue weighted by Gasteiger charge is -2.39. The van der Waals surface area contributed by atoms with E-state index in [0.29, 0.717) is 5.02 Å². The third-order valence-electron chi connectivity index (χ3n) is 3.72. The van der Waals surface area contributed by atoms with Gasteiger partial charge in [-0.2, -0.15) is 0 Å². The number of nitrogens with zero attached hydrogens (tertiary/aromatic N) is 4. The maximum atomic E-state index is 12.0. The Kier molecular flexibility index (Phi) is 4.70. The molecule has 2 amide bonds. The van der Waals surface area contributed by atoms with Crippen molar-refractivity contribution >= 4 is 23.3 Å². The van der Waals surface area contributed by atoms with Gasteiger partial charge in [-0.15, -0.1) is 0 Å². The molecule has 1 atom stereocenters. The molecule has 1 unspecified atom stereocenters. The number of carbonyl (C=O) groups is 1. The van der Waals surface area contributed by atoms with Crippen molar-refractivity contribution in [1.29, 1.82) is 0 Å². The van der Waals surface area contributed by atoms with Crippen LogP contribution in [0.15, 0.2) is 18.5 Å². The summed E-state index contributed by atoms with van der Waals surface area (Å²) in [7, 11) is 5.42. The van der Waals surface area contributed by atoms with Crippen molar-refractivity contribution in [3.63, 3.8) is 0 Å². The molecular weight excluding hydrogens is 276 g/mol. The van der Waals surface area contributed by atoms with Crippen LogP contribution in [-0.4, -0.2) is 61.1 Å². The van der Waals surface area contributed by atoms with Crippen LogP contribution >= 0.6 is 11.6 Å². The molecule has 1 aromatic heterocycles. The van der Waals surface area contributed by atoms with Crippen molar-refractivity contribution in [1.82, 2.24) is 14.8 Å². The Hall–Kier alpha value is -1.49. The lowest BCUT2D eigenvalue weighted by Crippen LogP contribution is -2.51. The second kappa shape index (κ2) is 6.31. The molecule has 20 heavy (non-hydrogen) atoms. The van der Waals surface area contributed by atoms with Crippen LogP contribution in [0.2, 0.25) is 5.02 Å². The average molecular weight is 297 g/mol. The molecule has 0 aromatic carbocycles. The fourth-order valence-corrected chi connectivity index (χ4v) is 2.82. The van der Waals surface area contributed by atoms with E-state index in [9.17, 15) is 4.79 Å². The summed E-state index contributed by atoms with van der Waals surface area (Å²) in [4.78, 5) is 21.7. The summed E-state index contributed by atoms with van der Waals surface area (Å²) in [5.41, 5.74) is 0.997. The molecule has 0 spiro atoms. The Labute approximate surface area is 125 Å². The van der Waals surface area contributed by atoms with E-state index in [1.54, 1.807) is 31.4 Å². The summed E-state index contributed by atoms with van der Waals surface area (Å²) in [6.45, 7) is 1.77. The Bertz CT molecular complexity index is 480. The third kappa shape index (κ3) is 3.15. The lowest BCUT2D eigenvalue weighted by atomic mass is 10.0. The third-order valence-corrected chi connectivity index (χ3v) is 4.01. The van der Waals surface area contributed by atoms with Crippen LogP contribution in [0.3, 0.4) is 0 Å². The van der Waals surface area contributed by atoms with Crippen LogP contribution in [0.1, 0.15) is 12.8 Å². The molecule has 1 aliphatic rings. The maximum Gasteiger partial charge on any atom is 0.319 e. The van der Waals surface area contributed by atoms with Crippen LogP contribution in [-0.2, 0) is 0 Å². The summed E-state index contributed by atoms with van der Waals surface area (Å²) in [5, 5.41) is 0.662. The van der Waals surface area contributed by atoms with Gasteiger partial charge in [0.1, 0.15) is 0 Å². The summed E-state index contributed by atoms with van der Waals surface area (Å²) in [6, 6.07) is 2.18. The zero-order valence-electron chi connectivity index (χ0n) is 12.2. The smallest absolute Gasteiger partial charge is 0.319 e. The molecule has 2 rings (SSSR count). The van der Waals surface area contributed by atoms with Crippen LogP contribution in [0.5, 0.6) is 0 Å². The SMILES string of the molecule is CN(C)C(=O)N(C)C1CCCN(c2ccncc2Cl)C1. The van der Waals surface area contributed by atoms with Gasteiger partial charge >= 0.3 is 6.03 Å². The number of likely N-dealkylation sites (N-methyl/N-ethyl adjacent to an activating group) is 1. The van der Waals surface area contributed by atoms with E-state index in [1.165, 1.54) is 0 Å². The first-order valence-electron chi connectivity index (χ1n) is 6.79. The van der Waals surface area contributed by atoms with Crippen molar-refractivity contribution in [2.24, 2.45) is 0 Å². The van der Waals surface area contributed by atoms with Gasteiger partial charge in [-0.25, -0.2) is 4.79 Å². The van der Waals surface area contributed by atoms with Crippen molar-refractivity contribution < 1.29 is 4.79 Å². The number of rotatable bonds is 2. The Morgan fingerprint density at radius 3 is 2.85 bits per heavy atom. The van der Waals surface area contributed by atoms with Crippen molar-refractivity contribution in [2.45, 2.75) is 18.9 Å². The predicted octanol–water partition coefficient (Wildman–Crippen LogP) is 2.32. The second-order valence-electron chi connectivity index (χ2n) is 5.36. The average Bonchev–Trinajstić information content (AvgIpc) is 2.46. The van der Waals surface area contributed by atoms with Gasteiger partial charge in [0, 0.05) is 46.6 Å². The topological polar surface area (TPSA) is 39.7 Å². The van der Waals surface area contributed by atoms with E-state index in [0.717, 1.165) is 31.6 Å². The van der Waals surface area contributed by atoms with Crippen molar-refractivity contribution in [3.05, 3.63) is 23.5 Å². The summed E-state index contributed by atoms with van der Waals surface area (Å²) >= 11 is 6.20. The number of hydrogen-bond donors (Lipinski definition) is 0. The molecule has 1 aliphatic heterocycles. The highest BCUT2D eigenvalue weighted by molar-refractivity contribution is 6.33. The van der Waals surface area contributed by atoms with Crippen molar-refractivity contribution in [2.75, 3.05) is 39.1 Å². The van der Waals surface area contributed by atoms with Crippen LogP contribution in [0.4, 0.5) is 10.5 Å². The number of piperidine rings is 1. The molecular formula is C14H21ClN4O. The minimum atomic E-state index is 0.0395. The highest BCUT2D eigenvalue weighted by Crippen LogP contribution is 2.28. The first-order chi connectivity index (χ1) is 9.50.